The van der Waals surface area contributed by atoms with Crippen LogP contribution in [0.25, 0.3) is 0 Å². The summed E-state index contributed by atoms with van der Waals surface area (Å²) in [5, 5.41) is 0. The number of oxazole rings is 1. The first kappa shape index (κ1) is 14.3. The summed E-state index contributed by atoms with van der Waals surface area (Å²) in [6, 6.07) is 10.5. The zero-order valence-corrected chi connectivity index (χ0v) is 12.2. The van der Waals surface area contributed by atoms with Gasteiger partial charge in [0, 0.05) is 12.5 Å². The number of aryl methyl sites for hydroxylation is 1. The van der Waals surface area contributed by atoms with E-state index in [2.05, 4.69) is 17.1 Å². The molecule has 0 fully saturated rings. The first-order chi connectivity index (χ1) is 9.58. The number of hydrogen-bond donors (Lipinski definition) is 0. The van der Waals surface area contributed by atoms with Crippen molar-refractivity contribution in [3.8, 4) is 0 Å². The van der Waals surface area contributed by atoms with Crippen LogP contribution < -0.4 is 4.90 Å². The van der Waals surface area contributed by atoms with Gasteiger partial charge in [-0.3, -0.25) is 9.69 Å². The van der Waals surface area contributed by atoms with Crippen LogP contribution in [0.4, 0.5) is 6.01 Å². The lowest BCUT2D eigenvalue weighted by molar-refractivity contribution is -0.121. The van der Waals surface area contributed by atoms with E-state index in [1.807, 2.05) is 39.0 Å². The highest BCUT2D eigenvalue weighted by Crippen LogP contribution is 2.17. The predicted molar refractivity (Wildman–Crippen MR) is 78.6 cm³/mol. The van der Waals surface area contributed by atoms with Crippen molar-refractivity contribution in [2.24, 2.45) is 5.92 Å². The molecule has 2 aromatic rings. The van der Waals surface area contributed by atoms with Crippen LogP contribution in [0.3, 0.4) is 0 Å². The number of rotatable bonds is 5. The molecule has 0 unspecified atom stereocenters. The Morgan fingerprint density at radius 3 is 2.55 bits per heavy atom. The number of anilines is 1. The van der Waals surface area contributed by atoms with Gasteiger partial charge in [-0.05, 0) is 18.9 Å². The van der Waals surface area contributed by atoms with Gasteiger partial charge in [0.25, 0.3) is 0 Å². The normalized spacial score (nSPS) is 10.8. The van der Waals surface area contributed by atoms with Crippen molar-refractivity contribution in [1.82, 2.24) is 4.98 Å². The molecule has 1 amide bonds. The number of carbonyl (C=O) groups is 1. The lowest BCUT2D eigenvalue weighted by atomic mass is 10.1. The molecule has 0 bridgehead atoms. The van der Waals surface area contributed by atoms with E-state index in [4.69, 9.17) is 4.42 Å². The van der Waals surface area contributed by atoms with E-state index in [1.165, 1.54) is 5.56 Å². The summed E-state index contributed by atoms with van der Waals surface area (Å²) in [6.07, 6.45) is 2.35. The second-order valence-corrected chi connectivity index (χ2v) is 5.15. The highest BCUT2D eigenvalue weighted by molar-refractivity contribution is 5.92. The standard InChI is InChI=1S/C16H20N2O2/c1-12(2)15(19)18(16-17-13(3)11-20-16)10-9-14-7-5-4-6-8-14/h4-8,11-12H,9-10H2,1-3H3. The van der Waals surface area contributed by atoms with E-state index in [-0.39, 0.29) is 11.8 Å². The molecule has 20 heavy (non-hydrogen) atoms. The summed E-state index contributed by atoms with van der Waals surface area (Å²) >= 11 is 0. The van der Waals surface area contributed by atoms with Crippen molar-refractivity contribution >= 4 is 11.9 Å². The molecular formula is C16H20N2O2. The van der Waals surface area contributed by atoms with E-state index < -0.39 is 0 Å². The maximum Gasteiger partial charge on any atom is 0.304 e. The van der Waals surface area contributed by atoms with Gasteiger partial charge in [-0.15, -0.1) is 0 Å². The quantitative estimate of drug-likeness (QED) is 0.839. The molecule has 0 spiro atoms. The minimum absolute atomic E-state index is 0.0304. The Labute approximate surface area is 119 Å². The lowest BCUT2D eigenvalue weighted by Gasteiger charge is -2.20. The minimum atomic E-state index is -0.0852. The predicted octanol–water partition coefficient (Wildman–Crippen LogP) is 3.21. The largest absolute Gasteiger partial charge is 0.431 e. The van der Waals surface area contributed by atoms with Crippen LogP contribution in [-0.4, -0.2) is 17.4 Å². The van der Waals surface area contributed by atoms with Crippen LogP contribution in [0, 0.1) is 12.8 Å². The Balaban J connectivity index is 2.13. The Morgan fingerprint density at radius 1 is 1.30 bits per heavy atom. The highest BCUT2D eigenvalue weighted by atomic mass is 16.4. The van der Waals surface area contributed by atoms with Crippen molar-refractivity contribution in [2.75, 3.05) is 11.4 Å². The number of nitrogens with zero attached hydrogens (tertiary/aromatic N) is 2. The Hall–Kier alpha value is -2.10. The van der Waals surface area contributed by atoms with Crippen molar-refractivity contribution in [3.05, 3.63) is 47.9 Å². The molecule has 0 aliphatic heterocycles. The summed E-state index contributed by atoms with van der Waals surface area (Å²) in [5.74, 6) is -0.0549. The van der Waals surface area contributed by atoms with E-state index in [1.54, 1.807) is 11.2 Å². The van der Waals surface area contributed by atoms with Crippen molar-refractivity contribution in [2.45, 2.75) is 27.2 Å². The van der Waals surface area contributed by atoms with Gasteiger partial charge in [-0.2, -0.15) is 4.98 Å². The Bertz CT molecular complexity index is 561. The van der Waals surface area contributed by atoms with Crippen molar-refractivity contribution < 1.29 is 9.21 Å². The smallest absolute Gasteiger partial charge is 0.304 e. The van der Waals surface area contributed by atoms with Gasteiger partial charge in [0.1, 0.15) is 6.26 Å². The molecular weight excluding hydrogens is 252 g/mol. The number of hydrogen-bond acceptors (Lipinski definition) is 3. The van der Waals surface area contributed by atoms with Gasteiger partial charge in [-0.25, -0.2) is 0 Å². The molecule has 0 atom stereocenters. The van der Waals surface area contributed by atoms with E-state index in [0.29, 0.717) is 12.6 Å². The second kappa shape index (κ2) is 6.37. The first-order valence-corrected chi connectivity index (χ1v) is 6.85. The van der Waals surface area contributed by atoms with Crippen LogP contribution in [0.15, 0.2) is 41.0 Å². The molecule has 106 valence electrons. The molecule has 0 N–H and O–H groups in total. The molecule has 1 aromatic heterocycles. The third kappa shape index (κ3) is 3.47. The maximum atomic E-state index is 12.3. The number of benzene rings is 1. The fraction of sp³-hybridized carbons (Fsp3) is 0.375. The average Bonchev–Trinajstić information content (AvgIpc) is 2.86. The summed E-state index contributed by atoms with van der Waals surface area (Å²) in [6.45, 7) is 6.19. The molecule has 1 heterocycles. The minimum Gasteiger partial charge on any atom is -0.431 e. The molecule has 2 rings (SSSR count). The number of amides is 1. The molecule has 1 aromatic carbocycles. The number of carbonyl (C=O) groups excluding carboxylic acids is 1. The number of aromatic nitrogens is 1. The van der Waals surface area contributed by atoms with Gasteiger partial charge < -0.3 is 4.42 Å². The zero-order chi connectivity index (χ0) is 14.5. The third-order valence-corrected chi connectivity index (χ3v) is 3.06. The fourth-order valence-corrected chi connectivity index (χ4v) is 1.96. The van der Waals surface area contributed by atoms with Crippen LogP contribution in [0.1, 0.15) is 25.1 Å². The summed E-state index contributed by atoms with van der Waals surface area (Å²) in [7, 11) is 0. The molecule has 0 aliphatic rings. The van der Waals surface area contributed by atoms with Crippen LogP contribution in [-0.2, 0) is 11.2 Å². The summed E-state index contributed by atoms with van der Waals surface area (Å²) in [5.41, 5.74) is 1.97. The van der Waals surface area contributed by atoms with Gasteiger partial charge in [0.15, 0.2) is 0 Å². The molecule has 4 nitrogen and oxygen atoms in total. The first-order valence-electron chi connectivity index (χ1n) is 6.85. The van der Waals surface area contributed by atoms with Crippen LogP contribution in [0.2, 0.25) is 0 Å². The second-order valence-electron chi connectivity index (χ2n) is 5.15. The van der Waals surface area contributed by atoms with E-state index >= 15 is 0 Å². The topological polar surface area (TPSA) is 46.3 Å². The SMILES string of the molecule is Cc1coc(N(CCc2ccccc2)C(=O)C(C)C)n1. The van der Waals surface area contributed by atoms with E-state index in [9.17, 15) is 4.79 Å². The lowest BCUT2D eigenvalue weighted by Crippen LogP contribution is -2.36. The van der Waals surface area contributed by atoms with Gasteiger partial charge in [0.05, 0.1) is 5.69 Å². The maximum absolute atomic E-state index is 12.3. The highest BCUT2D eigenvalue weighted by Gasteiger charge is 2.22. The van der Waals surface area contributed by atoms with Crippen LogP contribution in [0.5, 0.6) is 0 Å². The summed E-state index contributed by atoms with van der Waals surface area (Å²) in [4.78, 5) is 18.2. The van der Waals surface area contributed by atoms with Crippen molar-refractivity contribution in [3.63, 3.8) is 0 Å². The molecule has 0 saturated heterocycles. The average molecular weight is 272 g/mol. The molecule has 0 saturated carbocycles. The Morgan fingerprint density at radius 2 is 2.00 bits per heavy atom. The van der Waals surface area contributed by atoms with Gasteiger partial charge >= 0.3 is 6.01 Å². The van der Waals surface area contributed by atoms with Crippen molar-refractivity contribution in [1.29, 1.82) is 0 Å². The van der Waals surface area contributed by atoms with Crippen LogP contribution >= 0.6 is 0 Å². The van der Waals surface area contributed by atoms with E-state index in [0.717, 1.165) is 12.1 Å². The van der Waals surface area contributed by atoms with Gasteiger partial charge in [-0.1, -0.05) is 44.2 Å². The molecule has 0 radical (unpaired) electrons. The molecule has 0 aliphatic carbocycles. The third-order valence-electron chi connectivity index (χ3n) is 3.06. The Kier molecular flexibility index (Phi) is 4.56. The van der Waals surface area contributed by atoms with Gasteiger partial charge in [0.2, 0.25) is 5.91 Å². The monoisotopic (exact) mass is 272 g/mol. The molecule has 4 heteroatoms. The summed E-state index contributed by atoms with van der Waals surface area (Å²) < 4.78 is 5.38. The zero-order valence-electron chi connectivity index (χ0n) is 12.2. The fourth-order valence-electron chi connectivity index (χ4n) is 1.96.